The number of aliphatic hydroxyl groups excluding tert-OH is 1. The van der Waals surface area contributed by atoms with Gasteiger partial charge in [0.05, 0.1) is 18.8 Å². The van der Waals surface area contributed by atoms with E-state index in [0.717, 1.165) is 16.2 Å². The summed E-state index contributed by atoms with van der Waals surface area (Å²) < 4.78 is 1.73. The molecule has 0 spiro atoms. The monoisotopic (exact) mass is 313 g/mol. The predicted octanol–water partition coefficient (Wildman–Crippen LogP) is 0.233. The van der Waals surface area contributed by atoms with Crippen molar-refractivity contribution >= 4 is 17.5 Å². The zero-order valence-corrected chi connectivity index (χ0v) is 12.4. The zero-order valence-electron chi connectivity index (χ0n) is 12.4. The summed E-state index contributed by atoms with van der Waals surface area (Å²) in [7, 11) is 0. The van der Waals surface area contributed by atoms with Crippen molar-refractivity contribution < 1.29 is 14.7 Å². The minimum absolute atomic E-state index is 0.0148. The van der Waals surface area contributed by atoms with E-state index in [0.29, 0.717) is 5.69 Å². The van der Waals surface area contributed by atoms with Gasteiger partial charge in [-0.3, -0.25) is 19.1 Å². The molecule has 3 rings (SSSR count). The number of benzene rings is 1. The van der Waals surface area contributed by atoms with Crippen molar-refractivity contribution in [3.05, 3.63) is 48.2 Å². The molecule has 2 heterocycles. The largest absolute Gasteiger partial charge is 0.395 e. The maximum Gasteiger partial charge on any atom is 0.277 e. The zero-order chi connectivity index (χ0) is 16.4. The highest BCUT2D eigenvalue weighted by Gasteiger charge is 2.30. The van der Waals surface area contributed by atoms with Crippen LogP contribution < -0.4 is 5.32 Å². The van der Waals surface area contributed by atoms with Crippen molar-refractivity contribution in [3.63, 3.8) is 0 Å². The fourth-order valence-electron chi connectivity index (χ4n) is 2.29. The summed E-state index contributed by atoms with van der Waals surface area (Å²) in [5.74, 6) is -0.877. The van der Waals surface area contributed by atoms with Gasteiger partial charge in [-0.15, -0.1) is 10.2 Å². The Balaban J connectivity index is 1.86. The Morgan fingerprint density at radius 2 is 1.96 bits per heavy atom. The quantitative estimate of drug-likeness (QED) is 0.767. The van der Waals surface area contributed by atoms with Gasteiger partial charge in [-0.05, 0) is 24.6 Å². The number of rotatable bonds is 5. The first-order chi connectivity index (χ1) is 11.1. The van der Waals surface area contributed by atoms with Crippen molar-refractivity contribution in [2.75, 3.05) is 18.5 Å². The van der Waals surface area contributed by atoms with Gasteiger partial charge in [0.2, 0.25) is 0 Å². The Kier molecular flexibility index (Phi) is 3.90. The molecule has 1 aliphatic heterocycles. The second-order valence-electron chi connectivity index (χ2n) is 5.07. The van der Waals surface area contributed by atoms with Gasteiger partial charge in [-0.1, -0.05) is 6.07 Å². The Bertz CT molecular complexity index is 782. The summed E-state index contributed by atoms with van der Waals surface area (Å²) in [6.45, 7) is 1.62. The molecule has 2 N–H and O–H groups in total. The fourth-order valence-corrected chi connectivity index (χ4v) is 2.29. The third-order valence-corrected chi connectivity index (χ3v) is 3.54. The second kappa shape index (κ2) is 6.01. The molecule has 2 amide bonds. The molecule has 1 aromatic heterocycles. The van der Waals surface area contributed by atoms with E-state index < -0.39 is 11.8 Å². The lowest BCUT2D eigenvalue weighted by Gasteiger charge is -2.15. The molecule has 0 atom stereocenters. The van der Waals surface area contributed by atoms with Gasteiger partial charge in [0, 0.05) is 11.8 Å². The average Bonchev–Trinajstić information content (AvgIpc) is 3.15. The number of nitrogens with one attached hydrogen (secondary N) is 1. The number of aryl methyl sites for hydroxylation is 1. The van der Waals surface area contributed by atoms with Gasteiger partial charge < -0.3 is 10.4 Å². The number of hydrogen-bond acceptors (Lipinski definition) is 6. The highest BCUT2D eigenvalue weighted by atomic mass is 16.3. The molecule has 1 aliphatic rings. The van der Waals surface area contributed by atoms with Gasteiger partial charge in [0.1, 0.15) is 18.4 Å². The van der Waals surface area contributed by atoms with Crippen molar-refractivity contribution in [1.29, 1.82) is 0 Å². The molecule has 0 unspecified atom stereocenters. The first-order valence-corrected chi connectivity index (χ1v) is 7.01. The van der Waals surface area contributed by atoms with Crippen LogP contribution in [-0.4, -0.2) is 49.7 Å². The molecule has 1 aromatic carbocycles. The van der Waals surface area contributed by atoms with Crippen LogP contribution >= 0.6 is 0 Å². The molecule has 8 heteroatoms. The molecule has 2 aromatic rings. The Labute approximate surface area is 132 Å². The maximum atomic E-state index is 12.2. The van der Waals surface area contributed by atoms with Crippen LogP contribution in [0.15, 0.2) is 42.6 Å². The topological polar surface area (TPSA) is 100 Å². The van der Waals surface area contributed by atoms with Crippen molar-refractivity contribution in [3.8, 4) is 5.69 Å². The van der Waals surface area contributed by atoms with E-state index in [1.807, 2.05) is 25.1 Å². The van der Waals surface area contributed by atoms with Gasteiger partial charge >= 0.3 is 0 Å². The van der Waals surface area contributed by atoms with Gasteiger partial charge in [-0.2, -0.15) is 0 Å². The third kappa shape index (κ3) is 2.84. The summed E-state index contributed by atoms with van der Waals surface area (Å²) >= 11 is 0. The number of carbonyl (C=O) groups is 2. The average molecular weight is 313 g/mol. The lowest BCUT2D eigenvalue weighted by molar-refractivity contribution is -0.137. The molecule has 0 saturated heterocycles. The SMILES string of the molecule is Cc1ccc(-n2cnnc2)cc1NC1=CC(=O)N(CCO)C1=O. The number of β-amino-alcohol motifs (C(OH)–C–C–N with tert-alkyl or cyclic N) is 1. The Morgan fingerprint density at radius 3 is 2.65 bits per heavy atom. The van der Waals surface area contributed by atoms with Crippen LogP contribution in [0.25, 0.3) is 5.69 Å². The van der Waals surface area contributed by atoms with Gasteiger partial charge in [-0.25, -0.2) is 0 Å². The number of amides is 2. The van der Waals surface area contributed by atoms with Crippen LogP contribution in [0.5, 0.6) is 0 Å². The standard InChI is InChI=1S/C15H15N5O3/c1-10-2-3-11(19-8-16-17-9-19)6-12(10)18-13-7-14(22)20(4-5-21)15(13)23/h2-3,6-9,18,21H,4-5H2,1H3. The van der Waals surface area contributed by atoms with E-state index in [9.17, 15) is 9.59 Å². The maximum absolute atomic E-state index is 12.2. The van der Waals surface area contributed by atoms with E-state index in [2.05, 4.69) is 15.5 Å². The number of aliphatic hydroxyl groups is 1. The van der Waals surface area contributed by atoms with E-state index in [4.69, 9.17) is 5.11 Å². The molecule has 23 heavy (non-hydrogen) atoms. The first kappa shape index (κ1) is 14.9. The lowest BCUT2D eigenvalue weighted by Crippen LogP contribution is -2.34. The van der Waals surface area contributed by atoms with Crippen LogP contribution in [0, 0.1) is 6.92 Å². The summed E-state index contributed by atoms with van der Waals surface area (Å²) in [5.41, 5.74) is 2.64. The van der Waals surface area contributed by atoms with E-state index >= 15 is 0 Å². The van der Waals surface area contributed by atoms with Crippen molar-refractivity contribution in [2.45, 2.75) is 6.92 Å². The summed E-state index contributed by atoms with van der Waals surface area (Å²) in [6.07, 6.45) is 4.38. The molecule has 0 bridgehead atoms. The Morgan fingerprint density at radius 1 is 1.22 bits per heavy atom. The fraction of sp³-hybridized carbons (Fsp3) is 0.200. The van der Waals surface area contributed by atoms with Gasteiger partial charge in [0.25, 0.3) is 11.8 Å². The summed E-state index contributed by atoms with van der Waals surface area (Å²) in [6, 6.07) is 5.63. The highest BCUT2D eigenvalue weighted by Crippen LogP contribution is 2.23. The van der Waals surface area contributed by atoms with Crippen molar-refractivity contribution in [1.82, 2.24) is 19.7 Å². The minimum atomic E-state index is -0.446. The molecule has 0 aliphatic carbocycles. The van der Waals surface area contributed by atoms with Crippen LogP contribution in [0.1, 0.15) is 5.56 Å². The van der Waals surface area contributed by atoms with Crippen LogP contribution in [0.3, 0.4) is 0 Å². The van der Waals surface area contributed by atoms with Crippen molar-refractivity contribution in [2.24, 2.45) is 0 Å². The van der Waals surface area contributed by atoms with E-state index in [1.165, 1.54) is 6.08 Å². The second-order valence-corrected chi connectivity index (χ2v) is 5.07. The van der Waals surface area contributed by atoms with Crippen LogP contribution in [0.2, 0.25) is 0 Å². The smallest absolute Gasteiger partial charge is 0.277 e. The number of anilines is 1. The number of hydrogen-bond donors (Lipinski definition) is 2. The number of nitrogens with zero attached hydrogens (tertiary/aromatic N) is 4. The highest BCUT2D eigenvalue weighted by molar-refractivity contribution is 6.17. The first-order valence-electron chi connectivity index (χ1n) is 7.01. The van der Waals surface area contributed by atoms with Crippen LogP contribution in [0.4, 0.5) is 5.69 Å². The Hall–Kier alpha value is -3.00. The molecule has 0 saturated carbocycles. The minimum Gasteiger partial charge on any atom is -0.395 e. The molecular formula is C15H15N5O3. The number of carbonyl (C=O) groups excluding carboxylic acids is 2. The van der Waals surface area contributed by atoms with E-state index in [1.54, 1.807) is 17.2 Å². The lowest BCUT2D eigenvalue weighted by atomic mass is 10.1. The third-order valence-electron chi connectivity index (χ3n) is 3.54. The molecule has 0 radical (unpaired) electrons. The number of imide groups is 1. The summed E-state index contributed by atoms with van der Waals surface area (Å²) in [5, 5.41) is 19.4. The molecule has 0 fully saturated rings. The van der Waals surface area contributed by atoms with E-state index in [-0.39, 0.29) is 18.8 Å². The normalized spacial score (nSPS) is 14.3. The number of aromatic nitrogens is 3. The molecular weight excluding hydrogens is 298 g/mol. The predicted molar refractivity (Wildman–Crippen MR) is 81.6 cm³/mol. The summed E-state index contributed by atoms with van der Waals surface area (Å²) in [4.78, 5) is 24.9. The van der Waals surface area contributed by atoms with Gasteiger partial charge in [0.15, 0.2) is 0 Å². The molecule has 118 valence electrons. The molecule has 8 nitrogen and oxygen atoms in total. The van der Waals surface area contributed by atoms with Crippen LogP contribution in [-0.2, 0) is 9.59 Å².